The van der Waals surface area contributed by atoms with Gasteiger partial charge in [0.25, 0.3) is 0 Å². The Morgan fingerprint density at radius 1 is 1.26 bits per heavy atom. The highest BCUT2D eigenvalue weighted by atomic mass is 32.2. The molecule has 3 heterocycles. The second-order valence-corrected chi connectivity index (χ2v) is 8.18. The summed E-state index contributed by atoms with van der Waals surface area (Å²) in [5, 5.41) is 0. The molecule has 1 nitrogen and oxygen atoms in total. The fourth-order valence-electron chi connectivity index (χ4n) is 2.24. The van der Waals surface area contributed by atoms with Gasteiger partial charge in [0.2, 0.25) is 0 Å². The van der Waals surface area contributed by atoms with Crippen molar-refractivity contribution in [2.75, 3.05) is 5.75 Å². The number of fused-ring (bicyclic) bond motifs is 1. The topological polar surface area (TPSA) is 17.1 Å². The molecule has 0 saturated carbocycles. The molecule has 0 atom stereocenters. The number of hydrogen-bond donors (Lipinski definition) is 0. The molecule has 2 aromatic rings. The highest BCUT2D eigenvalue weighted by Gasteiger charge is 2.18. The number of thioether (sulfide) groups is 1. The zero-order chi connectivity index (χ0) is 13.2. The van der Waals surface area contributed by atoms with E-state index in [4.69, 9.17) is 0 Å². The van der Waals surface area contributed by atoms with Crippen LogP contribution >= 0.6 is 34.4 Å². The fraction of sp³-hybridized carbons (Fsp3) is 0.400. The summed E-state index contributed by atoms with van der Waals surface area (Å²) in [5.41, 5.74) is 1.39. The SMILES string of the molecule is CCc1ccc(CC(=O)c2cc3c(s2)CCSC3)s1. The van der Waals surface area contributed by atoms with Crippen molar-refractivity contribution in [2.45, 2.75) is 31.9 Å². The summed E-state index contributed by atoms with van der Waals surface area (Å²) >= 11 is 5.46. The average Bonchev–Trinajstić information content (AvgIpc) is 3.04. The van der Waals surface area contributed by atoms with Crippen molar-refractivity contribution in [1.29, 1.82) is 0 Å². The van der Waals surface area contributed by atoms with E-state index >= 15 is 0 Å². The summed E-state index contributed by atoms with van der Waals surface area (Å²) < 4.78 is 0. The van der Waals surface area contributed by atoms with Crippen LogP contribution in [0.2, 0.25) is 0 Å². The predicted octanol–water partition coefficient (Wildman–Crippen LogP) is 4.59. The maximum atomic E-state index is 12.3. The minimum Gasteiger partial charge on any atom is -0.293 e. The smallest absolute Gasteiger partial charge is 0.177 e. The summed E-state index contributed by atoms with van der Waals surface area (Å²) in [6, 6.07) is 6.37. The molecule has 0 bridgehead atoms. The van der Waals surface area contributed by atoms with Crippen LogP contribution in [0.5, 0.6) is 0 Å². The van der Waals surface area contributed by atoms with E-state index in [0.717, 1.165) is 23.5 Å². The highest BCUT2D eigenvalue weighted by molar-refractivity contribution is 7.98. The molecule has 1 aliphatic rings. The number of aryl methyl sites for hydroxylation is 2. The molecule has 0 N–H and O–H groups in total. The number of ketones is 1. The van der Waals surface area contributed by atoms with Gasteiger partial charge in [0.15, 0.2) is 5.78 Å². The second kappa shape index (κ2) is 5.81. The van der Waals surface area contributed by atoms with E-state index in [9.17, 15) is 4.79 Å². The van der Waals surface area contributed by atoms with Crippen LogP contribution in [0.1, 0.15) is 36.8 Å². The molecule has 19 heavy (non-hydrogen) atoms. The summed E-state index contributed by atoms with van der Waals surface area (Å²) in [7, 11) is 0. The maximum absolute atomic E-state index is 12.3. The number of Topliss-reactive ketones (excluding diaryl/α,β-unsaturated/α-hetero) is 1. The summed E-state index contributed by atoms with van der Waals surface area (Å²) in [5.74, 6) is 2.57. The van der Waals surface area contributed by atoms with E-state index in [-0.39, 0.29) is 5.78 Å². The van der Waals surface area contributed by atoms with Crippen LogP contribution in [0.15, 0.2) is 18.2 Å². The fourth-order valence-corrected chi connectivity index (χ4v) is 5.50. The number of thiophene rings is 2. The molecule has 0 saturated heterocycles. The van der Waals surface area contributed by atoms with E-state index in [2.05, 4.69) is 25.1 Å². The number of carbonyl (C=O) groups is 1. The van der Waals surface area contributed by atoms with Gasteiger partial charge in [-0.3, -0.25) is 4.79 Å². The van der Waals surface area contributed by atoms with E-state index in [0.29, 0.717) is 6.42 Å². The van der Waals surface area contributed by atoms with Gasteiger partial charge >= 0.3 is 0 Å². The van der Waals surface area contributed by atoms with Crippen LogP contribution in [0.25, 0.3) is 0 Å². The first kappa shape index (κ1) is 13.4. The first-order chi connectivity index (χ1) is 9.26. The zero-order valence-electron chi connectivity index (χ0n) is 10.9. The third-order valence-corrected chi connectivity index (χ3v) is 6.82. The Morgan fingerprint density at radius 2 is 2.11 bits per heavy atom. The van der Waals surface area contributed by atoms with Crippen LogP contribution in [0, 0.1) is 0 Å². The van der Waals surface area contributed by atoms with Crippen LogP contribution in [0.3, 0.4) is 0 Å². The molecule has 0 spiro atoms. The lowest BCUT2D eigenvalue weighted by Crippen LogP contribution is -1.99. The molecule has 3 rings (SSSR count). The summed E-state index contributed by atoms with van der Waals surface area (Å²) in [6.07, 6.45) is 2.76. The highest BCUT2D eigenvalue weighted by Crippen LogP contribution is 2.32. The van der Waals surface area contributed by atoms with Crippen molar-refractivity contribution in [3.63, 3.8) is 0 Å². The van der Waals surface area contributed by atoms with Crippen molar-refractivity contribution < 1.29 is 4.79 Å². The lowest BCUT2D eigenvalue weighted by Gasteiger charge is -2.08. The van der Waals surface area contributed by atoms with Gasteiger partial charge in [0, 0.05) is 26.8 Å². The average molecular weight is 308 g/mol. The van der Waals surface area contributed by atoms with Gasteiger partial charge < -0.3 is 0 Å². The number of rotatable bonds is 4. The van der Waals surface area contributed by atoms with Crippen LogP contribution in [-0.2, 0) is 25.0 Å². The summed E-state index contributed by atoms with van der Waals surface area (Å²) in [4.78, 5) is 17.3. The van der Waals surface area contributed by atoms with Crippen molar-refractivity contribution in [2.24, 2.45) is 0 Å². The van der Waals surface area contributed by atoms with Crippen LogP contribution in [0.4, 0.5) is 0 Å². The molecule has 0 radical (unpaired) electrons. The monoisotopic (exact) mass is 308 g/mol. The lowest BCUT2D eigenvalue weighted by molar-refractivity contribution is 0.0997. The third-order valence-electron chi connectivity index (χ3n) is 3.30. The van der Waals surface area contributed by atoms with Gasteiger partial charge in [-0.25, -0.2) is 0 Å². The molecule has 0 amide bonds. The van der Waals surface area contributed by atoms with E-state index in [1.54, 1.807) is 22.7 Å². The second-order valence-electron chi connectivity index (χ2n) is 4.68. The van der Waals surface area contributed by atoms with E-state index in [1.807, 2.05) is 11.8 Å². The molecular weight excluding hydrogens is 292 g/mol. The van der Waals surface area contributed by atoms with E-state index < -0.39 is 0 Å². The zero-order valence-corrected chi connectivity index (χ0v) is 13.4. The Balaban J connectivity index is 1.74. The standard InChI is InChI=1S/C15H16OS3/c1-2-11-3-4-12(18-11)8-13(16)15-7-10-9-17-6-5-14(10)19-15/h3-4,7H,2,5-6,8-9H2,1H3. The van der Waals surface area contributed by atoms with Gasteiger partial charge in [0.1, 0.15) is 0 Å². The van der Waals surface area contributed by atoms with Crippen molar-refractivity contribution in [3.8, 4) is 0 Å². The molecule has 0 aromatic carbocycles. The van der Waals surface area contributed by atoms with E-state index in [1.165, 1.54) is 25.9 Å². The number of hydrogen-bond acceptors (Lipinski definition) is 4. The molecular formula is C15H16OS3. The third kappa shape index (κ3) is 2.96. The Kier molecular flexibility index (Phi) is 4.10. The molecule has 4 heteroatoms. The minimum absolute atomic E-state index is 0.286. The number of carbonyl (C=O) groups excluding carboxylic acids is 1. The van der Waals surface area contributed by atoms with Gasteiger partial charge in [-0.15, -0.1) is 22.7 Å². The minimum atomic E-state index is 0.286. The Bertz CT molecular complexity index is 571. The summed E-state index contributed by atoms with van der Waals surface area (Å²) in [6.45, 7) is 2.16. The first-order valence-electron chi connectivity index (χ1n) is 6.56. The van der Waals surface area contributed by atoms with Gasteiger partial charge in [0.05, 0.1) is 4.88 Å². The first-order valence-corrected chi connectivity index (χ1v) is 9.35. The normalized spacial score (nSPS) is 14.4. The molecule has 0 aliphatic carbocycles. The van der Waals surface area contributed by atoms with Crippen molar-refractivity contribution in [3.05, 3.63) is 43.3 Å². The lowest BCUT2D eigenvalue weighted by atomic mass is 10.1. The van der Waals surface area contributed by atoms with Gasteiger partial charge in [-0.1, -0.05) is 6.92 Å². The Labute approximate surface area is 126 Å². The Hall–Kier alpha value is -0.580. The maximum Gasteiger partial charge on any atom is 0.177 e. The molecule has 100 valence electrons. The van der Waals surface area contributed by atoms with Crippen LogP contribution < -0.4 is 0 Å². The predicted molar refractivity (Wildman–Crippen MR) is 85.9 cm³/mol. The molecule has 0 fully saturated rings. The van der Waals surface area contributed by atoms with Gasteiger partial charge in [-0.05, 0) is 42.4 Å². The molecule has 2 aromatic heterocycles. The quantitative estimate of drug-likeness (QED) is 0.769. The van der Waals surface area contributed by atoms with Gasteiger partial charge in [-0.2, -0.15) is 11.8 Å². The molecule has 1 aliphatic heterocycles. The van der Waals surface area contributed by atoms with Crippen molar-refractivity contribution in [1.82, 2.24) is 0 Å². The molecule has 0 unspecified atom stereocenters. The Morgan fingerprint density at radius 3 is 2.84 bits per heavy atom. The van der Waals surface area contributed by atoms with Crippen LogP contribution in [-0.4, -0.2) is 11.5 Å². The largest absolute Gasteiger partial charge is 0.293 e. The van der Waals surface area contributed by atoms with Crippen molar-refractivity contribution >= 4 is 40.2 Å².